The lowest BCUT2D eigenvalue weighted by molar-refractivity contribution is -0.0223. The molecule has 1 fully saturated rings. The molecule has 1 saturated heterocycles. The largest absolute Gasteiger partial charge is 0.447 e. The maximum Gasteiger partial charge on any atom is 0.214 e. The summed E-state index contributed by atoms with van der Waals surface area (Å²) in [5, 5.41) is 0. The summed E-state index contributed by atoms with van der Waals surface area (Å²) in [6.45, 7) is 9.11. The van der Waals surface area contributed by atoms with Crippen LogP contribution in [-0.2, 0) is 16.7 Å². The van der Waals surface area contributed by atoms with Crippen molar-refractivity contribution in [3.63, 3.8) is 0 Å². The van der Waals surface area contributed by atoms with Crippen molar-refractivity contribution < 1.29 is 13.5 Å². The van der Waals surface area contributed by atoms with E-state index in [4.69, 9.17) is 9.15 Å². The minimum Gasteiger partial charge on any atom is -0.447 e. The summed E-state index contributed by atoms with van der Waals surface area (Å²) in [5.41, 5.74) is 1.97. The molecule has 2 heterocycles. The van der Waals surface area contributed by atoms with E-state index >= 15 is 0 Å². The number of benzene rings is 1. The van der Waals surface area contributed by atoms with Gasteiger partial charge in [-0.2, -0.15) is 0 Å². The van der Waals surface area contributed by atoms with E-state index in [2.05, 4.69) is 30.7 Å². The summed E-state index contributed by atoms with van der Waals surface area (Å²) in [4.78, 5) is 6.94. The SMILES string of the molecule is CC(C)(C)c1coc(C2COCCN2Cc2ccc(F)cc2)n1. The normalized spacial score (nSPS) is 19.9. The Morgan fingerprint density at radius 3 is 2.65 bits per heavy atom. The minimum atomic E-state index is -0.213. The fourth-order valence-corrected chi connectivity index (χ4v) is 2.66. The van der Waals surface area contributed by atoms with Gasteiger partial charge in [-0.15, -0.1) is 0 Å². The van der Waals surface area contributed by atoms with Crippen LogP contribution in [0.4, 0.5) is 4.39 Å². The van der Waals surface area contributed by atoms with Crippen LogP contribution in [0.1, 0.15) is 44.0 Å². The van der Waals surface area contributed by atoms with Crippen LogP contribution in [0.15, 0.2) is 34.9 Å². The fraction of sp³-hybridized carbons (Fsp3) is 0.500. The van der Waals surface area contributed by atoms with Crippen LogP contribution in [-0.4, -0.2) is 29.6 Å². The first-order valence-corrected chi connectivity index (χ1v) is 7.95. The van der Waals surface area contributed by atoms with Crippen molar-refractivity contribution in [2.24, 2.45) is 0 Å². The van der Waals surface area contributed by atoms with E-state index in [1.54, 1.807) is 6.26 Å². The van der Waals surface area contributed by atoms with Gasteiger partial charge in [-0.05, 0) is 17.7 Å². The Morgan fingerprint density at radius 2 is 2.00 bits per heavy atom. The summed E-state index contributed by atoms with van der Waals surface area (Å²) in [6, 6.07) is 6.61. The maximum atomic E-state index is 13.1. The van der Waals surface area contributed by atoms with Gasteiger partial charge in [0, 0.05) is 18.5 Å². The molecule has 124 valence electrons. The predicted octanol–water partition coefficient (Wildman–Crippen LogP) is 3.68. The van der Waals surface area contributed by atoms with E-state index in [1.807, 2.05) is 12.1 Å². The first kappa shape index (κ1) is 16.1. The monoisotopic (exact) mass is 318 g/mol. The zero-order valence-electron chi connectivity index (χ0n) is 13.9. The van der Waals surface area contributed by atoms with Gasteiger partial charge >= 0.3 is 0 Å². The van der Waals surface area contributed by atoms with E-state index in [9.17, 15) is 4.39 Å². The van der Waals surface area contributed by atoms with Gasteiger partial charge in [0.15, 0.2) is 0 Å². The lowest BCUT2D eigenvalue weighted by atomic mass is 9.93. The molecule has 1 aromatic carbocycles. The van der Waals surface area contributed by atoms with Crippen molar-refractivity contribution in [3.8, 4) is 0 Å². The summed E-state index contributed by atoms with van der Waals surface area (Å²) < 4.78 is 24.4. The molecular formula is C18H23FN2O2. The predicted molar refractivity (Wildman–Crippen MR) is 85.6 cm³/mol. The molecule has 1 aliphatic heterocycles. The standard InChI is InChI=1S/C18H23FN2O2/c1-18(2,3)16-12-23-17(20-16)15-11-22-9-8-21(15)10-13-4-6-14(19)7-5-13/h4-7,12,15H,8-11H2,1-3H3. The van der Waals surface area contributed by atoms with Gasteiger partial charge in [0.1, 0.15) is 18.1 Å². The second-order valence-electron chi connectivity index (χ2n) is 7.01. The quantitative estimate of drug-likeness (QED) is 0.865. The van der Waals surface area contributed by atoms with Crippen LogP contribution in [0, 0.1) is 5.82 Å². The Morgan fingerprint density at radius 1 is 1.26 bits per heavy atom. The van der Waals surface area contributed by atoms with Crippen LogP contribution in [0.5, 0.6) is 0 Å². The third-order valence-corrected chi connectivity index (χ3v) is 4.11. The van der Waals surface area contributed by atoms with Gasteiger partial charge in [0.05, 0.1) is 18.9 Å². The van der Waals surface area contributed by atoms with Crippen LogP contribution < -0.4 is 0 Å². The van der Waals surface area contributed by atoms with Crippen LogP contribution in [0.2, 0.25) is 0 Å². The van der Waals surface area contributed by atoms with E-state index < -0.39 is 0 Å². The number of ether oxygens (including phenoxy) is 1. The average molecular weight is 318 g/mol. The van der Waals surface area contributed by atoms with Crippen molar-refractivity contribution in [1.29, 1.82) is 0 Å². The molecule has 2 aromatic rings. The Kier molecular flexibility index (Phi) is 4.50. The highest BCUT2D eigenvalue weighted by Gasteiger charge is 2.30. The molecule has 0 amide bonds. The molecule has 0 spiro atoms. The molecule has 0 saturated carbocycles. The number of rotatable bonds is 3. The molecule has 1 atom stereocenters. The summed E-state index contributed by atoms with van der Waals surface area (Å²) in [5.74, 6) is 0.478. The number of oxazole rings is 1. The zero-order valence-corrected chi connectivity index (χ0v) is 13.9. The summed E-state index contributed by atoms with van der Waals surface area (Å²) in [6.07, 6.45) is 1.74. The molecule has 5 heteroatoms. The number of hydrogen-bond donors (Lipinski definition) is 0. The van der Waals surface area contributed by atoms with Crippen molar-refractivity contribution in [2.75, 3.05) is 19.8 Å². The number of halogens is 1. The molecule has 0 radical (unpaired) electrons. The Balaban J connectivity index is 1.78. The van der Waals surface area contributed by atoms with Crippen LogP contribution in [0.25, 0.3) is 0 Å². The molecule has 0 aliphatic carbocycles. The minimum absolute atomic E-state index is 0.00935. The first-order chi connectivity index (χ1) is 10.9. The summed E-state index contributed by atoms with van der Waals surface area (Å²) >= 11 is 0. The number of hydrogen-bond acceptors (Lipinski definition) is 4. The van der Waals surface area contributed by atoms with Gasteiger partial charge in [-0.25, -0.2) is 9.37 Å². The maximum absolute atomic E-state index is 13.1. The van der Waals surface area contributed by atoms with Crippen molar-refractivity contribution in [1.82, 2.24) is 9.88 Å². The Hall–Kier alpha value is -1.72. The average Bonchev–Trinajstić information content (AvgIpc) is 3.00. The second-order valence-corrected chi connectivity index (χ2v) is 7.01. The number of aromatic nitrogens is 1. The molecule has 1 aromatic heterocycles. The highest BCUT2D eigenvalue weighted by Crippen LogP contribution is 2.28. The molecule has 1 unspecified atom stereocenters. The molecular weight excluding hydrogens is 295 g/mol. The van der Waals surface area contributed by atoms with Gasteiger partial charge in [0.2, 0.25) is 5.89 Å². The van der Waals surface area contributed by atoms with Gasteiger partial charge in [0.25, 0.3) is 0 Å². The fourth-order valence-electron chi connectivity index (χ4n) is 2.66. The Bertz CT molecular complexity index is 646. The van der Waals surface area contributed by atoms with Crippen LogP contribution in [0.3, 0.4) is 0 Å². The van der Waals surface area contributed by atoms with Crippen molar-refractivity contribution in [2.45, 2.75) is 38.8 Å². The number of morpholine rings is 1. The van der Waals surface area contributed by atoms with E-state index in [1.165, 1.54) is 12.1 Å². The van der Waals surface area contributed by atoms with Crippen molar-refractivity contribution >= 4 is 0 Å². The first-order valence-electron chi connectivity index (χ1n) is 7.95. The third kappa shape index (κ3) is 3.79. The number of nitrogens with zero attached hydrogens (tertiary/aromatic N) is 2. The highest BCUT2D eigenvalue weighted by molar-refractivity contribution is 5.17. The third-order valence-electron chi connectivity index (χ3n) is 4.11. The van der Waals surface area contributed by atoms with Gasteiger partial charge in [-0.3, -0.25) is 4.90 Å². The Labute approximate surface area is 136 Å². The smallest absolute Gasteiger partial charge is 0.214 e. The second kappa shape index (κ2) is 6.42. The molecule has 3 rings (SSSR count). The van der Waals surface area contributed by atoms with E-state index in [0.717, 1.165) is 24.3 Å². The zero-order chi connectivity index (χ0) is 16.4. The molecule has 0 bridgehead atoms. The van der Waals surface area contributed by atoms with E-state index in [-0.39, 0.29) is 17.3 Å². The van der Waals surface area contributed by atoms with Gasteiger partial charge in [-0.1, -0.05) is 32.9 Å². The van der Waals surface area contributed by atoms with E-state index in [0.29, 0.717) is 19.1 Å². The highest BCUT2D eigenvalue weighted by atomic mass is 19.1. The summed E-state index contributed by atoms with van der Waals surface area (Å²) in [7, 11) is 0. The van der Waals surface area contributed by atoms with Crippen molar-refractivity contribution in [3.05, 3.63) is 53.5 Å². The lowest BCUT2D eigenvalue weighted by Crippen LogP contribution is -2.39. The molecule has 1 aliphatic rings. The molecule has 23 heavy (non-hydrogen) atoms. The molecule has 0 N–H and O–H groups in total. The van der Waals surface area contributed by atoms with Gasteiger partial charge < -0.3 is 9.15 Å². The molecule has 4 nitrogen and oxygen atoms in total. The lowest BCUT2D eigenvalue weighted by Gasteiger charge is -2.33. The van der Waals surface area contributed by atoms with Crippen LogP contribution >= 0.6 is 0 Å². The topological polar surface area (TPSA) is 38.5 Å².